The molecule has 0 amide bonds. The van der Waals surface area contributed by atoms with Crippen LogP contribution in [-0.2, 0) is 9.53 Å². The number of nitrogens with one attached hydrogen (secondary N) is 1. The van der Waals surface area contributed by atoms with Crippen LogP contribution in [0.1, 0.15) is 39.0 Å². The molecule has 0 aromatic heterocycles. The van der Waals surface area contributed by atoms with Crippen molar-refractivity contribution >= 4 is 5.97 Å². The minimum absolute atomic E-state index is 0.139. The maximum atomic E-state index is 11.6. The number of esters is 1. The lowest BCUT2D eigenvalue weighted by Gasteiger charge is -2.18. The molecule has 0 aromatic carbocycles. The van der Waals surface area contributed by atoms with E-state index in [4.69, 9.17) is 4.74 Å². The second-order valence-electron chi connectivity index (χ2n) is 4.68. The van der Waals surface area contributed by atoms with Gasteiger partial charge in [0.25, 0.3) is 0 Å². The van der Waals surface area contributed by atoms with Gasteiger partial charge in [-0.05, 0) is 20.5 Å². The molecule has 17 heavy (non-hydrogen) atoms. The maximum absolute atomic E-state index is 11.6. The van der Waals surface area contributed by atoms with Crippen molar-refractivity contribution in [3.8, 4) is 0 Å². The fourth-order valence-electron chi connectivity index (χ4n) is 1.68. The van der Waals surface area contributed by atoms with E-state index in [1.54, 1.807) is 0 Å². The zero-order chi connectivity index (χ0) is 13.1. The van der Waals surface area contributed by atoms with Gasteiger partial charge in [-0.1, -0.05) is 32.6 Å². The molecule has 4 nitrogen and oxygen atoms in total. The summed E-state index contributed by atoms with van der Waals surface area (Å²) in [6.45, 7) is 3.94. The molecule has 0 spiro atoms. The predicted molar refractivity (Wildman–Crippen MR) is 71.1 cm³/mol. The highest BCUT2D eigenvalue weighted by Crippen LogP contribution is 2.06. The van der Waals surface area contributed by atoms with Crippen LogP contribution < -0.4 is 5.32 Å². The summed E-state index contributed by atoms with van der Waals surface area (Å²) in [5.41, 5.74) is 0. The molecule has 0 saturated carbocycles. The second kappa shape index (κ2) is 10.5. The van der Waals surface area contributed by atoms with Gasteiger partial charge in [0.05, 0.1) is 7.11 Å². The molecule has 0 bridgehead atoms. The molecular formula is C13H28N2O2. The molecule has 0 aliphatic rings. The average molecular weight is 244 g/mol. The number of carbonyl (C=O) groups excluding carboxylic acids is 1. The van der Waals surface area contributed by atoms with Crippen LogP contribution in [0.5, 0.6) is 0 Å². The van der Waals surface area contributed by atoms with Crippen molar-refractivity contribution in [2.75, 3.05) is 34.3 Å². The Morgan fingerprint density at radius 3 is 2.53 bits per heavy atom. The van der Waals surface area contributed by atoms with Gasteiger partial charge in [-0.2, -0.15) is 0 Å². The second-order valence-corrected chi connectivity index (χ2v) is 4.68. The first-order valence-electron chi connectivity index (χ1n) is 6.57. The average Bonchev–Trinajstić information content (AvgIpc) is 2.31. The Balaban J connectivity index is 3.84. The highest BCUT2D eigenvalue weighted by Gasteiger charge is 2.17. The molecule has 1 atom stereocenters. The normalized spacial score (nSPS) is 12.8. The van der Waals surface area contributed by atoms with Crippen molar-refractivity contribution in [3.05, 3.63) is 0 Å². The summed E-state index contributed by atoms with van der Waals surface area (Å²) >= 11 is 0. The summed E-state index contributed by atoms with van der Waals surface area (Å²) in [7, 11) is 5.50. The maximum Gasteiger partial charge on any atom is 0.322 e. The summed E-state index contributed by atoms with van der Waals surface area (Å²) in [5.74, 6) is -0.139. The number of rotatable bonds is 10. The molecule has 1 N–H and O–H groups in total. The van der Waals surface area contributed by atoms with Crippen molar-refractivity contribution in [3.63, 3.8) is 0 Å². The number of likely N-dealkylation sites (N-methyl/N-ethyl adjacent to an activating group) is 1. The zero-order valence-corrected chi connectivity index (χ0v) is 11.8. The molecule has 0 rings (SSSR count). The van der Waals surface area contributed by atoms with Crippen LogP contribution in [0.3, 0.4) is 0 Å². The van der Waals surface area contributed by atoms with Crippen molar-refractivity contribution in [1.82, 2.24) is 10.2 Å². The first-order chi connectivity index (χ1) is 8.11. The standard InChI is InChI=1S/C13H28N2O2/c1-5-6-7-8-9-12(13(16)17-4)14-10-11-15(2)3/h12,14H,5-11H2,1-4H3. The number of hydrogen-bond acceptors (Lipinski definition) is 4. The largest absolute Gasteiger partial charge is 0.468 e. The molecule has 0 radical (unpaired) electrons. The zero-order valence-electron chi connectivity index (χ0n) is 11.8. The topological polar surface area (TPSA) is 41.6 Å². The van der Waals surface area contributed by atoms with E-state index in [9.17, 15) is 4.79 Å². The molecule has 0 aliphatic carbocycles. The van der Waals surface area contributed by atoms with E-state index in [-0.39, 0.29) is 12.0 Å². The van der Waals surface area contributed by atoms with Gasteiger partial charge in [0.1, 0.15) is 6.04 Å². The highest BCUT2D eigenvalue weighted by molar-refractivity contribution is 5.75. The third kappa shape index (κ3) is 9.12. The van der Waals surface area contributed by atoms with Crippen LogP contribution >= 0.6 is 0 Å². The van der Waals surface area contributed by atoms with Gasteiger partial charge in [0, 0.05) is 13.1 Å². The number of ether oxygens (including phenoxy) is 1. The van der Waals surface area contributed by atoms with Crippen molar-refractivity contribution < 1.29 is 9.53 Å². The molecule has 0 aliphatic heterocycles. The van der Waals surface area contributed by atoms with Gasteiger partial charge in [-0.15, -0.1) is 0 Å². The molecule has 4 heteroatoms. The first-order valence-corrected chi connectivity index (χ1v) is 6.57. The molecule has 0 heterocycles. The van der Waals surface area contributed by atoms with Crippen LogP contribution in [0.25, 0.3) is 0 Å². The Morgan fingerprint density at radius 1 is 1.29 bits per heavy atom. The molecule has 1 unspecified atom stereocenters. The van der Waals surface area contributed by atoms with Crippen LogP contribution in [0.2, 0.25) is 0 Å². The fourth-order valence-corrected chi connectivity index (χ4v) is 1.68. The molecule has 102 valence electrons. The third-order valence-electron chi connectivity index (χ3n) is 2.78. The van der Waals surface area contributed by atoms with Crippen molar-refractivity contribution in [1.29, 1.82) is 0 Å². The predicted octanol–water partition coefficient (Wildman–Crippen LogP) is 1.65. The number of nitrogens with zero attached hydrogens (tertiary/aromatic N) is 1. The van der Waals surface area contributed by atoms with Crippen LogP contribution in [-0.4, -0.2) is 51.2 Å². The summed E-state index contributed by atoms with van der Waals surface area (Å²) in [6.07, 6.45) is 5.62. The Kier molecular flexibility index (Phi) is 10.2. The first kappa shape index (κ1) is 16.4. The number of unbranched alkanes of at least 4 members (excludes halogenated alkanes) is 3. The SMILES string of the molecule is CCCCCCC(NCCN(C)C)C(=O)OC. The number of methoxy groups -OCH3 is 1. The Labute approximate surface area is 106 Å². The third-order valence-corrected chi connectivity index (χ3v) is 2.78. The summed E-state index contributed by atoms with van der Waals surface area (Å²) in [4.78, 5) is 13.6. The van der Waals surface area contributed by atoms with Gasteiger partial charge in [0.15, 0.2) is 0 Å². The monoisotopic (exact) mass is 244 g/mol. The Bertz CT molecular complexity index is 196. The van der Waals surface area contributed by atoms with E-state index >= 15 is 0 Å². The van der Waals surface area contributed by atoms with Crippen LogP contribution in [0, 0.1) is 0 Å². The van der Waals surface area contributed by atoms with E-state index in [1.807, 2.05) is 14.1 Å². The fraction of sp³-hybridized carbons (Fsp3) is 0.923. The van der Waals surface area contributed by atoms with Gasteiger partial charge in [-0.25, -0.2) is 0 Å². The number of carbonyl (C=O) groups is 1. The van der Waals surface area contributed by atoms with Crippen molar-refractivity contribution in [2.24, 2.45) is 0 Å². The van der Waals surface area contributed by atoms with Crippen LogP contribution in [0.4, 0.5) is 0 Å². The lowest BCUT2D eigenvalue weighted by molar-refractivity contribution is -0.143. The summed E-state index contributed by atoms with van der Waals surface area (Å²) < 4.78 is 4.81. The van der Waals surface area contributed by atoms with Crippen molar-refractivity contribution in [2.45, 2.75) is 45.1 Å². The van der Waals surface area contributed by atoms with Crippen LogP contribution in [0.15, 0.2) is 0 Å². The van der Waals surface area contributed by atoms with E-state index in [1.165, 1.54) is 26.4 Å². The minimum atomic E-state index is -0.142. The summed E-state index contributed by atoms with van der Waals surface area (Å²) in [5, 5.41) is 3.26. The lowest BCUT2D eigenvalue weighted by Crippen LogP contribution is -2.40. The number of hydrogen-bond donors (Lipinski definition) is 1. The van der Waals surface area contributed by atoms with Gasteiger partial charge >= 0.3 is 5.97 Å². The van der Waals surface area contributed by atoms with Gasteiger partial charge in [0.2, 0.25) is 0 Å². The van der Waals surface area contributed by atoms with E-state index < -0.39 is 0 Å². The van der Waals surface area contributed by atoms with E-state index in [0.717, 1.165) is 25.9 Å². The Hall–Kier alpha value is -0.610. The smallest absolute Gasteiger partial charge is 0.322 e. The summed E-state index contributed by atoms with van der Waals surface area (Å²) in [6, 6.07) is -0.142. The van der Waals surface area contributed by atoms with Gasteiger partial charge in [-0.3, -0.25) is 4.79 Å². The van der Waals surface area contributed by atoms with Gasteiger partial charge < -0.3 is 15.0 Å². The molecule has 0 fully saturated rings. The van der Waals surface area contributed by atoms with E-state index in [0.29, 0.717) is 0 Å². The molecule has 0 saturated heterocycles. The Morgan fingerprint density at radius 2 is 2.00 bits per heavy atom. The quantitative estimate of drug-likeness (QED) is 0.469. The van der Waals surface area contributed by atoms with E-state index in [2.05, 4.69) is 17.1 Å². The molecule has 0 aromatic rings. The minimum Gasteiger partial charge on any atom is -0.468 e. The molecular weight excluding hydrogens is 216 g/mol. The highest BCUT2D eigenvalue weighted by atomic mass is 16.5. The lowest BCUT2D eigenvalue weighted by atomic mass is 10.1.